The van der Waals surface area contributed by atoms with Crippen molar-refractivity contribution in [2.75, 3.05) is 19.6 Å². The molecule has 1 aliphatic heterocycles. The van der Waals surface area contributed by atoms with Gasteiger partial charge in [0.15, 0.2) is 0 Å². The quantitative estimate of drug-likeness (QED) is 0.921. The first-order valence-corrected chi connectivity index (χ1v) is 5.93. The minimum atomic E-state index is -0.180. The minimum absolute atomic E-state index is 0. The summed E-state index contributed by atoms with van der Waals surface area (Å²) in [4.78, 5) is 2.23. The van der Waals surface area contributed by atoms with E-state index in [0.29, 0.717) is 29.6 Å². The second-order valence-electron chi connectivity index (χ2n) is 4.36. The van der Waals surface area contributed by atoms with Gasteiger partial charge >= 0.3 is 0 Å². The van der Waals surface area contributed by atoms with Crippen LogP contribution in [0.3, 0.4) is 0 Å². The number of nitrogens with two attached hydrogens (primary N) is 1. The summed E-state index contributed by atoms with van der Waals surface area (Å²) >= 11 is 5.85. The normalized spacial score (nSPS) is 20.3. The predicted octanol–water partition coefficient (Wildman–Crippen LogP) is 2.68. The van der Waals surface area contributed by atoms with Crippen LogP contribution in [-0.2, 0) is 6.54 Å². The maximum Gasteiger partial charge on any atom is 0.127 e. The number of halogens is 3. The molecule has 1 unspecified atom stereocenters. The van der Waals surface area contributed by atoms with Gasteiger partial charge in [0.2, 0.25) is 0 Å². The smallest absolute Gasteiger partial charge is 0.127 e. The molecule has 2 nitrogen and oxygen atoms in total. The number of hydrogen-bond acceptors (Lipinski definition) is 2. The van der Waals surface area contributed by atoms with E-state index in [2.05, 4.69) is 4.90 Å². The van der Waals surface area contributed by atoms with Crippen LogP contribution in [0.2, 0.25) is 5.02 Å². The molecule has 1 aliphatic rings. The van der Waals surface area contributed by atoms with Crippen molar-refractivity contribution in [2.24, 2.45) is 11.7 Å². The minimum Gasteiger partial charge on any atom is -0.330 e. The van der Waals surface area contributed by atoms with Gasteiger partial charge in [0.05, 0.1) is 0 Å². The number of hydrogen-bond donors (Lipinski definition) is 1. The van der Waals surface area contributed by atoms with Gasteiger partial charge in [0.25, 0.3) is 0 Å². The molecule has 96 valence electrons. The van der Waals surface area contributed by atoms with Crippen LogP contribution >= 0.6 is 24.0 Å². The highest BCUT2D eigenvalue weighted by atomic mass is 35.5. The van der Waals surface area contributed by atoms with Crippen LogP contribution in [0.4, 0.5) is 4.39 Å². The monoisotopic (exact) mass is 278 g/mol. The van der Waals surface area contributed by atoms with Crippen molar-refractivity contribution in [3.8, 4) is 0 Å². The van der Waals surface area contributed by atoms with E-state index in [4.69, 9.17) is 17.3 Å². The molecule has 0 saturated carbocycles. The van der Waals surface area contributed by atoms with Gasteiger partial charge in [0, 0.05) is 23.7 Å². The van der Waals surface area contributed by atoms with Gasteiger partial charge in [-0.1, -0.05) is 11.6 Å². The number of nitrogens with zero attached hydrogens (tertiary/aromatic N) is 1. The summed E-state index contributed by atoms with van der Waals surface area (Å²) in [5.41, 5.74) is 6.29. The Labute approximate surface area is 112 Å². The third-order valence-electron chi connectivity index (χ3n) is 3.11. The van der Waals surface area contributed by atoms with E-state index in [0.717, 1.165) is 19.5 Å². The summed E-state index contributed by atoms with van der Waals surface area (Å²) in [7, 11) is 0. The van der Waals surface area contributed by atoms with Crippen LogP contribution in [-0.4, -0.2) is 24.5 Å². The molecule has 0 bridgehead atoms. The van der Waals surface area contributed by atoms with Gasteiger partial charge in [-0.3, -0.25) is 4.90 Å². The highest BCUT2D eigenvalue weighted by Gasteiger charge is 2.21. The van der Waals surface area contributed by atoms with Crippen LogP contribution in [0.5, 0.6) is 0 Å². The van der Waals surface area contributed by atoms with Crippen LogP contribution in [0.25, 0.3) is 0 Å². The highest BCUT2D eigenvalue weighted by Crippen LogP contribution is 2.21. The largest absolute Gasteiger partial charge is 0.330 e. The molecule has 1 aromatic rings. The van der Waals surface area contributed by atoms with Crippen molar-refractivity contribution in [3.63, 3.8) is 0 Å². The molecule has 0 amide bonds. The molecule has 1 saturated heterocycles. The zero-order valence-electron chi connectivity index (χ0n) is 9.53. The van der Waals surface area contributed by atoms with Crippen LogP contribution in [0.15, 0.2) is 18.2 Å². The number of rotatable bonds is 3. The molecule has 1 heterocycles. The Bertz CT molecular complexity index is 374. The number of likely N-dealkylation sites (tertiary alicyclic amines) is 1. The van der Waals surface area contributed by atoms with Crippen molar-refractivity contribution < 1.29 is 4.39 Å². The lowest BCUT2D eigenvalue weighted by atomic mass is 10.1. The standard InChI is InChI=1S/C12H16ClFN2.ClH/c13-11-1-2-12(14)10(5-11)8-16-4-3-9(6-15)7-16;/h1-2,5,9H,3-4,6-8,15H2;1H. The molecule has 2 rings (SSSR count). The summed E-state index contributed by atoms with van der Waals surface area (Å²) in [5, 5.41) is 0.589. The molecule has 1 fully saturated rings. The second-order valence-corrected chi connectivity index (χ2v) is 4.80. The fourth-order valence-electron chi connectivity index (χ4n) is 2.15. The summed E-state index contributed by atoms with van der Waals surface area (Å²) < 4.78 is 13.5. The van der Waals surface area contributed by atoms with Crippen LogP contribution < -0.4 is 5.73 Å². The van der Waals surface area contributed by atoms with Crippen molar-refractivity contribution in [1.82, 2.24) is 4.90 Å². The third kappa shape index (κ3) is 3.81. The Morgan fingerprint density at radius 1 is 1.47 bits per heavy atom. The van der Waals surface area contributed by atoms with Gasteiger partial charge in [0.1, 0.15) is 5.82 Å². The van der Waals surface area contributed by atoms with Crippen LogP contribution in [0.1, 0.15) is 12.0 Å². The average molecular weight is 279 g/mol. The van der Waals surface area contributed by atoms with E-state index in [1.54, 1.807) is 12.1 Å². The van der Waals surface area contributed by atoms with Gasteiger partial charge in [-0.15, -0.1) is 12.4 Å². The Morgan fingerprint density at radius 3 is 2.88 bits per heavy atom. The van der Waals surface area contributed by atoms with Gasteiger partial charge < -0.3 is 5.73 Å². The topological polar surface area (TPSA) is 29.3 Å². The summed E-state index contributed by atoms with van der Waals surface area (Å²) in [6, 6.07) is 4.70. The molecule has 1 aromatic carbocycles. The molecule has 1 atom stereocenters. The zero-order chi connectivity index (χ0) is 11.5. The number of benzene rings is 1. The lowest BCUT2D eigenvalue weighted by Gasteiger charge is -2.16. The van der Waals surface area contributed by atoms with Crippen LogP contribution in [0, 0.1) is 11.7 Å². The van der Waals surface area contributed by atoms with E-state index in [1.165, 1.54) is 6.07 Å². The lowest BCUT2D eigenvalue weighted by Crippen LogP contribution is -2.23. The molecule has 0 aromatic heterocycles. The van der Waals surface area contributed by atoms with E-state index in [9.17, 15) is 4.39 Å². The third-order valence-corrected chi connectivity index (χ3v) is 3.34. The Balaban J connectivity index is 0.00000144. The second kappa shape index (κ2) is 6.55. The first-order chi connectivity index (χ1) is 7.69. The predicted molar refractivity (Wildman–Crippen MR) is 71.1 cm³/mol. The van der Waals surface area contributed by atoms with E-state index in [-0.39, 0.29) is 18.2 Å². The molecule has 5 heteroatoms. The fraction of sp³-hybridized carbons (Fsp3) is 0.500. The van der Waals surface area contributed by atoms with Gasteiger partial charge in [-0.05, 0) is 43.6 Å². The van der Waals surface area contributed by atoms with Crippen molar-refractivity contribution in [1.29, 1.82) is 0 Å². The summed E-state index contributed by atoms with van der Waals surface area (Å²) in [6.07, 6.45) is 1.11. The first kappa shape index (κ1) is 14.7. The maximum absolute atomic E-state index is 13.5. The molecule has 0 radical (unpaired) electrons. The van der Waals surface area contributed by atoms with Gasteiger partial charge in [-0.25, -0.2) is 4.39 Å². The van der Waals surface area contributed by atoms with E-state index in [1.807, 2.05) is 0 Å². The molecule has 0 aliphatic carbocycles. The maximum atomic E-state index is 13.5. The van der Waals surface area contributed by atoms with E-state index >= 15 is 0 Å². The highest BCUT2D eigenvalue weighted by molar-refractivity contribution is 6.30. The Hall–Kier alpha value is -0.350. The van der Waals surface area contributed by atoms with E-state index < -0.39 is 0 Å². The molecule has 0 spiro atoms. The Morgan fingerprint density at radius 2 is 2.24 bits per heavy atom. The molecule has 17 heavy (non-hydrogen) atoms. The lowest BCUT2D eigenvalue weighted by molar-refractivity contribution is 0.312. The zero-order valence-corrected chi connectivity index (χ0v) is 11.1. The Kier molecular flexibility index (Phi) is 5.67. The summed E-state index contributed by atoms with van der Waals surface area (Å²) in [5.74, 6) is 0.378. The van der Waals surface area contributed by atoms with Crippen molar-refractivity contribution in [3.05, 3.63) is 34.6 Å². The van der Waals surface area contributed by atoms with Crippen molar-refractivity contribution in [2.45, 2.75) is 13.0 Å². The first-order valence-electron chi connectivity index (χ1n) is 5.55. The average Bonchev–Trinajstić information content (AvgIpc) is 2.71. The molecular formula is C12H17Cl2FN2. The molecular weight excluding hydrogens is 262 g/mol. The SMILES string of the molecule is Cl.NCC1CCN(Cc2cc(Cl)ccc2F)C1. The summed E-state index contributed by atoms with van der Waals surface area (Å²) in [6.45, 7) is 3.30. The van der Waals surface area contributed by atoms with Gasteiger partial charge in [-0.2, -0.15) is 0 Å². The van der Waals surface area contributed by atoms with Crippen molar-refractivity contribution >= 4 is 24.0 Å². The molecule has 2 N–H and O–H groups in total. The fourth-order valence-corrected chi connectivity index (χ4v) is 2.35.